The lowest BCUT2D eigenvalue weighted by atomic mass is 10.2. The van der Waals surface area contributed by atoms with Gasteiger partial charge in [-0.15, -0.1) is 0 Å². The number of allylic oxidation sites excluding steroid dienone is 1. The highest BCUT2D eigenvalue weighted by Crippen LogP contribution is 2.17. The largest absolute Gasteiger partial charge is 0.465 e. The zero-order valence-corrected chi connectivity index (χ0v) is 7.20. The average molecular weight is 182 g/mol. The fourth-order valence-corrected chi connectivity index (χ4v) is 1.16. The maximum Gasteiger partial charge on any atom is 0.350 e. The van der Waals surface area contributed by atoms with Gasteiger partial charge < -0.3 is 15.2 Å². The van der Waals surface area contributed by atoms with Crippen LogP contribution < -0.4 is 5.32 Å². The topological polar surface area (TPSA) is 82.4 Å². The summed E-state index contributed by atoms with van der Waals surface area (Å²) in [6, 6.07) is 1.75. The number of carbonyl (C=O) groups excluding carboxylic acids is 1. The van der Waals surface area contributed by atoms with Gasteiger partial charge in [0, 0.05) is 5.70 Å². The molecule has 1 saturated heterocycles. The van der Waals surface area contributed by atoms with Crippen LogP contribution in [0.1, 0.15) is 12.8 Å². The third-order valence-corrected chi connectivity index (χ3v) is 1.81. The van der Waals surface area contributed by atoms with Gasteiger partial charge in [0.1, 0.15) is 12.3 Å². The lowest BCUT2D eigenvalue weighted by molar-refractivity contribution is -0.135. The number of methoxy groups -OCH3 is 1. The van der Waals surface area contributed by atoms with Crippen molar-refractivity contribution in [2.45, 2.75) is 19.1 Å². The smallest absolute Gasteiger partial charge is 0.350 e. The second kappa shape index (κ2) is 3.92. The Morgan fingerprint density at radius 2 is 2.54 bits per heavy atom. The van der Waals surface area contributed by atoms with Crippen molar-refractivity contribution in [3.05, 3.63) is 11.3 Å². The van der Waals surface area contributed by atoms with E-state index < -0.39 is 12.2 Å². The van der Waals surface area contributed by atoms with E-state index in [2.05, 4.69) is 10.1 Å². The molecule has 5 heteroatoms. The second-order valence-corrected chi connectivity index (χ2v) is 2.66. The van der Waals surface area contributed by atoms with Gasteiger partial charge in [-0.3, -0.25) is 0 Å². The van der Waals surface area contributed by atoms with Crippen molar-refractivity contribution in [2.24, 2.45) is 0 Å². The molecule has 0 radical (unpaired) electrons. The first-order valence-electron chi connectivity index (χ1n) is 3.85. The highest BCUT2D eigenvalue weighted by molar-refractivity contribution is 5.93. The molecule has 13 heavy (non-hydrogen) atoms. The van der Waals surface area contributed by atoms with Crippen molar-refractivity contribution >= 4 is 5.97 Å². The van der Waals surface area contributed by atoms with E-state index in [1.54, 1.807) is 6.07 Å². The quantitative estimate of drug-likeness (QED) is 0.328. The summed E-state index contributed by atoms with van der Waals surface area (Å²) >= 11 is 0. The Kier molecular flexibility index (Phi) is 2.88. The van der Waals surface area contributed by atoms with Crippen molar-refractivity contribution in [1.29, 1.82) is 5.26 Å². The minimum absolute atomic E-state index is 0.0564. The number of hydrogen-bond acceptors (Lipinski definition) is 5. The summed E-state index contributed by atoms with van der Waals surface area (Å²) in [5, 5.41) is 20.4. The number of ether oxygens (including phenoxy) is 1. The molecule has 0 saturated carbocycles. The number of nitrogens with zero attached hydrogens (tertiary/aromatic N) is 1. The van der Waals surface area contributed by atoms with Gasteiger partial charge in [-0.25, -0.2) is 4.79 Å². The van der Waals surface area contributed by atoms with E-state index in [1.165, 1.54) is 7.11 Å². The molecule has 0 aromatic rings. The lowest BCUT2D eigenvalue weighted by Crippen LogP contribution is -2.21. The summed E-state index contributed by atoms with van der Waals surface area (Å²) in [5.74, 6) is -0.668. The number of carbonyl (C=O) groups is 1. The normalized spacial score (nSPS) is 24.5. The molecular formula is C8H10N2O3. The predicted molar refractivity (Wildman–Crippen MR) is 43.0 cm³/mol. The zero-order chi connectivity index (χ0) is 9.84. The van der Waals surface area contributed by atoms with Crippen LogP contribution in [0.4, 0.5) is 0 Å². The molecule has 1 atom stereocenters. The van der Waals surface area contributed by atoms with E-state index in [-0.39, 0.29) is 5.57 Å². The molecule has 1 fully saturated rings. The lowest BCUT2D eigenvalue weighted by Gasteiger charge is -2.04. The maximum absolute atomic E-state index is 11.0. The monoisotopic (exact) mass is 182 g/mol. The number of nitrogens with one attached hydrogen (secondary N) is 1. The summed E-state index contributed by atoms with van der Waals surface area (Å²) in [7, 11) is 1.21. The summed E-state index contributed by atoms with van der Waals surface area (Å²) < 4.78 is 4.41. The van der Waals surface area contributed by atoms with Gasteiger partial charge in [-0.2, -0.15) is 5.26 Å². The van der Waals surface area contributed by atoms with Gasteiger partial charge in [0.2, 0.25) is 0 Å². The summed E-state index contributed by atoms with van der Waals surface area (Å²) in [6.45, 7) is 0. The van der Waals surface area contributed by atoms with Crippen LogP contribution in [-0.2, 0) is 9.53 Å². The molecular weight excluding hydrogens is 172 g/mol. The Labute approximate surface area is 75.6 Å². The van der Waals surface area contributed by atoms with E-state index in [9.17, 15) is 4.79 Å². The Morgan fingerprint density at radius 1 is 1.85 bits per heavy atom. The first-order chi connectivity index (χ1) is 6.19. The van der Waals surface area contributed by atoms with Crippen LogP contribution in [-0.4, -0.2) is 24.4 Å². The minimum Gasteiger partial charge on any atom is -0.465 e. The molecule has 0 amide bonds. The fraction of sp³-hybridized carbons (Fsp3) is 0.500. The number of aliphatic hydroxyl groups is 1. The van der Waals surface area contributed by atoms with Crippen molar-refractivity contribution in [3.8, 4) is 6.07 Å². The Morgan fingerprint density at radius 3 is 2.92 bits per heavy atom. The summed E-state index contributed by atoms with van der Waals surface area (Å²) in [6.07, 6.45) is 0.347. The van der Waals surface area contributed by atoms with Crippen LogP contribution in [0, 0.1) is 11.3 Å². The van der Waals surface area contributed by atoms with Crippen molar-refractivity contribution in [2.75, 3.05) is 7.11 Å². The van der Waals surface area contributed by atoms with Crippen LogP contribution in [0.2, 0.25) is 0 Å². The summed E-state index contributed by atoms with van der Waals surface area (Å²) in [4.78, 5) is 11.0. The van der Waals surface area contributed by atoms with Crippen molar-refractivity contribution in [1.82, 2.24) is 5.32 Å². The molecule has 5 nitrogen and oxygen atoms in total. The molecule has 0 aromatic carbocycles. The average Bonchev–Trinajstić information content (AvgIpc) is 2.53. The third kappa shape index (κ3) is 1.98. The first kappa shape index (κ1) is 9.55. The molecule has 1 aliphatic heterocycles. The highest BCUT2D eigenvalue weighted by Gasteiger charge is 2.22. The van der Waals surface area contributed by atoms with E-state index >= 15 is 0 Å². The fourth-order valence-electron chi connectivity index (χ4n) is 1.16. The van der Waals surface area contributed by atoms with Crippen LogP contribution in [0.15, 0.2) is 11.3 Å². The summed E-state index contributed by atoms with van der Waals surface area (Å²) in [5.41, 5.74) is 0.404. The maximum atomic E-state index is 11.0. The molecule has 1 aliphatic rings. The molecule has 1 heterocycles. The predicted octanol–water partition coefficient (Wildman–Crippen LogP) is -0.361. The van der Waals surface area contributed by atoms with Gasteiger partial charge in [-0.1, -0.05) is 0 Å². The number of rotatable bonds is 1. The van der Waals surface area contributed by atoms with Gasteiger partial charge >= 0.3 is 5.97 Å². The Bertz CT molecular complexity index is 290. The van der Waals surface area contributed by atoms with Crippen LogP contribution >= 0.6 is 0 Å². The Hall–Kier alpha value is -1.54. The highest BCUT2D eigenvalue weighted by atomic mass is 16.5. The molecule has 0 unspecified atom stereocenters. The van der Waals surface area contributed by atoms with Crippen LogP contribution in [0.25, 0.3) is 0 Å². The second-order valence-electron chi connectivity index (χ2n) is 2.66. The third-order valence-electron chi connectivity index (χ3n) is 1.81. The molecule has 0 aromatic heterocycles. The van der Waals surface area contributed by atoms with Gasteiger partial charge in [-0.05, 0) is 12.8 Å². The van der Waals surface area contributed by atoms with Gasteiger partial charge in [0.15, 0.2) is 5.57 Å². The molecule has 0 aliphatic carbocycles. The molecule has 2 N–H and O–H groups in total. The standard InChI is InChI=1S/C8H10N2O3/c1-13-8(12)5(4-9)6-2-3-7(11)10-6/h7,10-11H,2-3H2,1H3/b6-5+/t7-/m0/s1. The van der Waals surface area contributed by atoms with E-state index in [4.69, 9.17) is 10.4 Å². The van der Waals surface area contributed by atoms with Gasteiger partial charge in [0.05, 0.1) is 7.11 Å². The molecule has 70 valence electrons. The Balaban J connectivity index is 2.88. The molecule has 0 spiro atoms. The van der Waals surface area contributed by atoms with Crippen LogP contribution in [0.3, 0.4) is 0 Å². The van der Waals surface area contributed by atoms with E-state index in [0.29, 0.717) is 18.5 Å². The van der Waals surface area contributed by atoms with Crippen molar-refractivity contribution in [3.63, 3.8) is 0 Å². The number of nitriles is 1. The number of esters is 1. The van der Waals surface area contributed by atoms with E-state index in [0.717, 1.165) is 0 Å². The van der Waals surface area contributed by atoms with Crippen LogP contribution in [0.5, 0.6) is 0 Å². The first-order valence-corrected chi connectivity index (χ1v) is 3.85. The SMILES string of the molecule is COC(=O)/C(C#N)=C1\CC[C@H](O)N1. The zero-order valence-electron chi connectivity index (χ0n) is 7.20. The number of hydrogen-bond donors (Lipinski definition) is 2. The van der Waals surface area contributed by atoms with Gasteiger partial charge in [0.25, 0.3) is 0 Å². The van der Waals surface area contributed by atoms with Crippen molar-refractivity contribution < 1.29 is 14.6 Å². The molecule has 0 bridgehead atoms. The minimum atomic E-state index is -0.668. The van der Waals surface area contributed by atoms with E-state index in [1.807, 2.05) is 0 Å². The molecule has 1 rings (SSSR count). The number of aliphatic hydroxyl groups excluding tert-OH is 1.